The van der Waals surface area contributed by atoms with Crippen LogP contribution in [-0.2, 0) is 65.4 Å². The van der Waals surface area contributed by atoms with Gasteiger partial charge in [-0.1, -0.05) is 388 Å². The van der Waals surface area contributed by atoms with E-state index in [0.29, 0.717) is 25.7 Å². The largest absolute Gasteiger partial charge is 0.472 e. The summed E-state index contributed by atoms with van der Waals surface area (Å²) in [7, 11) is -9.92. The topological polar surface area (TPSA) is 237 Å². The molecule has 2 unspecified atom stereocenters. The SMILES string of the molecule is CCCCCCCCCCCCCCCCCCCCC(=O)OC[C@H](COP(=O)(O)OC[C@@H](O)COP(=O)(O)OC[C@@H](COC(=O)CCCCCCCCCCCCCC)OC(=O)CCCCCCCCCCCCC(C)C)OC(=O)CCCCCCCCCCCCCCCCCCC(C)C. The van der Waals surface area contributed by atoms with Gasteiger partial charge in [0, 0.05) is 25.7 Å². The zero-order valence-corrected chi connectivity index (χ0v) is 68.7. The number of phosphoric acid groups is 2. The molecule has 0 aliphatic heterocycles. The number of unbranched alkanes of at least 4 members (excludes halogenated alkanes) is 52. The van der Waals surface area contributed by atoms with Crippen LogP contribution in [0.4, 0.5) is 0 Å². The molecule has 0 spiro atoms. The van der Waals surface area contributed by atoms with E-state index >= 15 is 0 Å². The number of ether oxygens (including phenoxy) is 4. The highest BCUT2D eigenvalue weighted by atomic mass is 31.2. The summed E-state index contributed by atoms with van der Waals surface area (Å²) in [5.74, 6) is -0.543. The molecule has 0 heterocycles. The molecule has 0 saturated heterocycles. The highest BCUT2D eigenvalue weighted by Crippen LogP contribution is 2.45. The monoisotopic (exact) mass is 1490 g/mol. The van der Waals surface area contributed by atoms with Gasteiger partial charge in [-0.05, 0) is 37.5 Å². The third-order valence-electron chi connectivity index (χ3n) is 19.5. The molecule has 102 heavy (non-hydrogen) atoms. The van der Waals surface area contributed by atoms with E-state index in [0.717, 1.165) is 102 Å². The van der Waals surface area contributed by atoms with Gasteiger partial charge in [0.15, 0.2) is 12.2 Å². The molecule has 0 aliphatic carbocycles. The molecule has 606 valence electrons. The molecule has 0 amide bonds. The maximum absolute atomic E-state index is 13.1. The molecule has 0 fully saturated rings. The summed E-state index contributed by atoms with van der Waals surface area (Å²) >= 11 is 0. The highest BCUT2D eigenvalue weighted by molar-refractivity contribution is 7.47. The van der Waals surface area contributed by atoms with E-state index in [1.807, 2.05) is 0 Å². The van der Waals surface area contributed by atoms with Crippen LogP contribution in [0.1, 0.15) is 440 Å². The molecule has 0 aromatic rings. The van der Waals surface area contributed by atoms with Crippen LogP contribution in [0.2, 0.25) is 0 Å². The standard InChI is InChI=1S/C83H162O17P2/c1-7-9-11-13-15-17-19-21-22-23-24-28-31-35-42-48-54-60-66-81(86)94-71-78(99-82(87)67-61-55-49-43-36-32-29-26-25-27-30-33-39-45-51-57-63-75(3)4)73-97-101(89,90)95-69-77(84)70-96-102(91,92)98-74-79(72-93-80(85)65-59-53-47-41-34-20-18-16-14-12-10-8-2)100-83(88)68-62-56-50-44-38-37-40-46-52-58-64-76(5)6/h75-79,84H,7-74H2,1-6H3,(H,89,90)(H,91,92)/t77-,78-,79-/m1/s1. The minimum atomic E-state index is -4.96. The Morgan fingerprint density at radius 2 is 0.451 bits per heavy atom. The van der Waals surface area contributed by atoms with Crippen molar-refractivity contribution in [3.8, 4) is 0 Å². The zero-order chi connectivity index (χ0) is 74.9. The summed E-state index contributed by atoms with van der Waals surface area (Å²) in [6.07, 6.45) is 65.2. The van der Waals surface area contributed by atoms with Crippen molar-refractivity contribution in [3.63, 3.8) is 0 Å². The molecule has 0 aromatic carbocycles. The average molecular weight is 1490 g/mol. The summed E-state index contributed by atoms with van der Waals surface area (Å²) in [6, 6.07) is 0. The Morgan fingerprint density at radius 1 is 0.265 bits per heavy atom. The van der Waals surface area contributed by atoms with Crippen LogP contribution in [0.3, 0.4) is 0 Å². The molecular formula is C83H162O17P2. The van der Waals surface area contributed by atoms with Gasteiger partial charge in [-0.25, -0.2) is 9.13 Å². The van der Waals surface area contributed by atoms with Crippen LogP contribution < -0.4 is 0 Å². The summed E-state index contributed by atoms with van der Waals surface area (Å²) < 4.78 is 68.8. The molecule has 17 nitrogen and oxygen atoms in total. The first kappa shape index (κ1) is 100. The fourth-order valence-corrected chi connectivity index (χ4v) is 14.5. The van der Waals surface area contributed by atoms with Gasteiger partial charge in [0.1, 0.15) is 19.3 Å². The van der Waals surface area contributed by atoms with Crippen molar-refractivity contribution < 1.29 is 80.2 Å². The average Bonchev–Trinajstić information content (AvgIpc) is 1.65. The normalized spacial score (nSPS) is 13.9. The fourth-order valence-electron chi connectivity index (χ4n) is 12.9. The second kappa shape index (κ2) is 74.5. The Kier molecular flexibility index (Phi) is 73.1. The quantitative estimate of drug-likeness (QED) is 0.0222. The first-order chi connectivity index (χ1) is 49.4. The van der Waals surface area contributed by atoms with Crippen LogP contribution in [-0.4, -0.2) is 96.7 Å². The predicted molar refractivity (Wildman–Crippen MR) is 418 cm³/mol. The smallest absolute Gasteiger partial charge is 0.462 e. The summed E-state index contributed by atoms with van der Waals surface area (Å²) in [5.41, 5.74) is 0. The molecular weight excluding hydrogens is 1330 g/mol. The van der Waals surface area contributed by atoms with Crippen molar-refractivity contribution in [2.24, 2.45) is 11.8 Å². The van der Waals surface area contributed by atoms with Gasteiger partial charge in [0.2, 0.25) is 0 Å². The van der Waals surface area contributed by atoms with Crippen molar-refractivity contribution in [1.29, 1.82) is 0 Å². The van der Waals surface area contributed by atoms with Crippen molar-refractivity contribution >= 4 is 39.5 Å². The number of hydrogen-bond donors (Lipinski definition) is 3. The van der Waals surface area contributed by atoms with E-state index in [-0.39, 0.29) is 25.7 Å². The molecule has 0 bridgehead atoms. The van der Waals surface area contributed by atoms with Crippen LogP contribution in [0, 0.1) is 11.8 Å². The van der Waals surface area contributed by atoms with Gasteiger partial charge >= 0.3 is 39.5 Å². The number of esters is 4. The number of rotatable bonds is 82. The molecule has 0 radical (unpaired) electrons. The zero-order valence-electron chi connectivity index (χ0n) is 66.9. The minimum absolute atomic E-state index is 0.107. The van der Waals surface area contributed by atoms with Gasteiger partial charge in [-0.2, -0.15) is 0 Å². The Hall–Kier alpha value is -1.94. The van der Waals surface area contributed by atoms with Gasteiger partial charge in [0.25, 0.3) is 0 Å². The molecule has 0 rings (SSSR count). The van der Waals surface area contributed by atoms with Crippen molar-refractivity contribution in [2.75, 3.05) is 39.6 Å². The Bertz CT molecular complexity index is 1960. The Balaban J connectivity index is 5.25. The van der Waals surface area contributed by atoms with E-state index in [4.69, 9.17) is 37.0 Å². The number of aliphatic hydroxyl groups is 1. The minimum Gasteiger partial charge on any atom is -0.462 e. The molecule has 0 aromatic heterocycles. The lowest BCUT2D eigenvalue weighted by Crippen LogP contribution is -2.30. The number of carbonyl (C=O) groups is 4. The highest BCUT2D eigenvalue weighted by Gasteiger charge is 2.30. The number of hydrogen-bond acceptors (Lipinski definition) is 15. The number of phosphoric ester groups is 2. The van der Waals surface area contributed by atoms with Gasteiger partial charge in [-0.3, -0.25) is 37.3 Å². The van der Waals surface area contributed by atoms with Crippen molar-refractivity contribution in [2.45, 2.75) is 458 Å². The lowest BCUT2D eigenvalue weighted by atomic mass is 10.0. The van der Waals surface area contributed by atoms with Crippen LogP contribution in [0.5, 0.6) is 0 Å². The molecule has 0 aliphatic rings. The van der Waals surface area contributed by atoms with Crippen molar-refractivity contribution in [1.82, 2.24) is 0 Å². The van der Waals surface area contributed by atoms with Gasteiger partial charge < -0.3 is 33.8 Å². The summed E-state index contributed by atoms with van der Waals surface area (Å²) in [4.78, 5) is 73.1. The first-order valence-corrected chi connectivity index (χ1v) is 46.0. The maximum Gasteiger partial charge on any atom is 0.472 e. The third-order valence-corrected chi connectivity index (χ3v) is 21.4. The second-order valence-corrected chi connectivity index (χ2v) is 33.7. The fraction of sp³-hybridized carbons (Fsp3) is 0.952. The van der Waals surface area contributed by atoms with E-state index < -0.39 is 97.5 Å². The molecule has 0 saturated carbocycles. The number of aliphatic hydroxyl groups excluding tert-OH is 1. The second-order valence-electron chi connectivity index (χ2n) is 30.8. The van der Waals surface area contributed by atoms with Crippen LogP contribution in [0.15, 0.2) is 0 Å². The predicted octanol–water partition coefficient (Wildman–Crippen LogP) is 25.1. The molecule has 19 heteroatoms. The maximum atomic E-state index is 13.1. The molecule has 3 N–H and O–H groups in total. The van der Waals surface area contributed by atoms with E-state index in [1.165, 1.54) is 257 Å². The summed E-state index contributed by atoms with van der Waals surface area (Å²) in [5, 5.41) is 10.7. The Morgan fingerprint density at radius 3 is 0.667 bits per heavy atom. The summed E-state index contributed by atoms with van der Waals surface area (Å²) in [6.45, 7) is 9.67. The van der Waals surface area contributed by atoms with Gasteiger partial charge in [-0.15, -0.1) is 0 Å². The van der Waals surface area contributed by atoms with Crippen molar-refractivity contribution in [3.05, 3.63) is 0 Å². The van der Waals surface area contributed by atoms with Gasteiger partial charge in [0.05, 0.1) is 26.4 Å². The number of carbonyl (C=O) groups excluding carboxylic acids is 4. The lowest BCUT2D eigenvalue weighted by molar-refractivity contribution is -0.161. The van der Waals surface area contributed by atoms with E-state index in [2.05, 4.69) is 41.5 Å². The molecule has 5 atom stereocenters. The van der Waals surface area contributed by atoms with Crippen LogP contribution >= 0.6 is 15.6 Å². The Labute approximate surface area is 626 Å². The van der Waals surface area contributed by atoms with E-state index in [1.54, 1.807) is 0 Å². The first-order valence-electron chi connectivity index (χ1n) is 43.0. The lowest BCUT2D eigenvalue weighted by Gasteiger charge is -2.21. The van der Waals surface area contributed by atoms with E-state index in [9.17, 15) is 43.2 Å². The third kappa shape index (κ3) is 76.3. The van der Waals surface area contributed by atoms with Crippen LogP contribution in [0.25, 0.3) is 0 Å².